The van der Waals surface area contributed by atoms with Crippen LogP contribution in [0.4, 0.5) is 8.78 Å². The van der Waals surface area contributed by atoms with Crippen LogP contribution in [0.15, 0.2) is 53.1 Å². The van der Waals surface area contributed by atoms with Crippen molar-refractivity contribution >= 4 is 0 Å². The second kappa shape index (κ2) is 5.41. The van der Waals surface area contributed by atoms with E-state index in [1.807, 2.05) is 6.07 Å². The number of aromatic nitrogens is 2. The van der Waals surface area contributed by atoms with E-state index in [4.69, 9.17) is 4.52 Å². The van der Waals surface area contributed by atoms with Crippen LogP contribution >= 0.6 is 0 Å². The Morgan fingerprint density at radius 1 is 1.00 bits per heavy atom. The lowest BCUT2D eigenvalue weighted by molar-refractivity contribution is 0.170. The van der Waals surface area contributed by atoms with E-state index in [-0.39, 0.29) is 17.3 Å². The topological polar surface area (TPSA) is 59.2 Å². The lowest BCUT2D eigenvalue weighted by atomic mass is 10.1. The lowest BCUT2D eigenvalue weighted by Crippen LogP contribution is -1.99. The number of hydrogen-bond acceptors (Lipinski definition) is 4. The molecular weight excluding hydrogens is 278 g/mol. The van der Waals surface area contributed by atoms with Gasteiger partial charge in [-0.25, -0.2) is 8.78 Å². The molecule has 3 rings (SSSR count). The second-order valence-corrected chi connectivity index (χ2v) is 4.43. The summed E-state index contributed by atoms with van der Waals surface area (Å²) in [4.78, 5) is 3.98. The normalized spacial score (nSPS) is 12.3. The van der Waals surface area contributed by atoms with Crippen LogP contribution in [0, 0.1) is 11.6 Å². The molecule has 2 aromatic carbocycles. The molecule has 0 bridgehead atoms. The summed E-state index contributed by atoms with van der Waals surface area (Å²) in [6.45, 7) is 0. The van der Waals surface area contributed by atoms with E-state index in [0.717, 1.165) is 18.2 Å². The first kappa shape index (κ1) is 13.4. The first-order valence-corrected chi connectivity index (χ1v) is 6.16. The van der Waals surface area contributed by atoms with Gasteiger partial charge in [-0.05, 0) is 17.7 Å². The zero-order valence-corrected chi connectivity index (χ0v) is 10.7. The maximum Gasteiger partial charge on any atom is 0.260 e. The van der Waals surface area contributed by atoms with Crippen LogP contribution in [0.3, 0.4) is 0 Å². The van der Waals surface area contributed by atoms with Crippen molar-refractivity contribution in [1.29, 1.82) is 0 Å². The summed E-state index contributed by atoms with van der Waals surface area (Å²) in [7, 11) is 0. The second-order valence-electron chi connectivity index (χ2n) is 4.43. The quantitative estimate of drug-likeness (QED) is 0.804. The Morgan fingerprint density at radius 3 is 2.33 bits per heavy atom. The first-order chi connectivity index (χ1) is 10.1. The standard InChI is InChI=1S/C15H10F2N2O2/c16-11-6-10(7-12(17)8-11)14-18-15(21-19-14)13(20)9-4-2-1-3-5-9/h1-8,13,20H. The lowest BCUT2D eigenvalue weighted by Gasteiger charge is -2.04. The van der Waals surface area contributed by atoms with Gasteiger partial charge in [0.15, 0.2) is 6.10 Å². The number of rotatable bonds is 3. The fraction of sp³-hybridized carbons (Fsp3) is 0.0667. The van der Waals surface area contributed by atoms with Gasteiger partial charge in [0.25, 0.3) is 5.89 Å². The predicted octanol–water partition coefficient (Wildman–Crippen LogP) is 3.10. The Labute approximate surface area is 118 Å². The Morgan fingerprint density at radius 2 is 1.67 bits per heavy atom. The minimum atomic E-state index is -1.09. The third-order valence-electron chi connectivity index (χ3n) is 2.91. The molecule has 1 unspecified atom stereocenters. The van der Waals surface area contributed by atoms with Crippen molar-refractivity contribution in [3.8, 4) is 11.4 Å². The SMILES string of the molecule is OC(c1ccccc1)c1nc(-c2cc(F)cc(F)c2)no1. The van der Waals surface area contributed by atoms with Gasteiger partial charge in [0, 0.05) is 11.6 Å². The highest BCUT2D eigenvalue weighted by atomic mass is 19.1. The summed E-state index contributed by atoms with van der Waals surface area (Å²) in [5.41, 5.74) is 0.723. The van der Waals surface area contributed by atoms with Gasteiger partial charge < -0.3 is 9.63 Å². The molecule has 1 aromatic heterocycles. The summed E-state index contributed by atoms with van der Waals surface area (Å²) < 4.78 is 31.3. The Kier molecular flexibility index (Phi) is 3.45. The van der Waals surface area contributed by atoms with Crippen molar-refractivity contribution in [2.24, 2.45) is 0 Å². The Bertz CT molecular complexity index is 739. The highest BCUT2D eigenvalue weighted by molar-refractivity contribution is 5.54. The summed E-state index contributed by atoms with van der Waals surface area (Å²) in [5.74, 6) is -1.50. The van der Waals surface area contributed by atoms with Gasteiger partial charge in [-0.3, -0.25) is 0 Å². The van der Waals surface area contributed by atoms with Crippen molar-refractivity contribution in [3.05, 3.63) is 71.6 Å². The minimum absolute atomic E-state index is 0.0124. The summed E-state index contributed by atoms with van der Waals surface area (Å²) in [6.07, 6.45) is -1.09. The Balaban J connectivity index is 1.93. The smallest absolute Gasteiger partial charge is 0.260 e. The van der Waals surface area contributed by atoms with Gasteiger partial charge in [0.1, 0.15) is 11.6 Å². The molecule has 0 spiro atoms. The Hall–Kier alpha value is -2.60. The molecule has 6 heteroatoms. The van der Waals surface area contributed by atoms with E-state index < -0.39 is 17.7 Å². The molecule has 0 radical (unpaired) electrons. The largest absolute Gasteiger partial charge is 0.378 e. The highest BCUT2D eigenvalue weighted by Crippen LogP contribution is 2.24. The molecule has 0 saturated heterocycles. The van der Waals surface area contributed by atoms with Crippen molar-refractivity contribution < 1.29 is 18.4 Å². The predicted molar refractivity (Wildman–Crippen MR) is 70.2 cm³/mol. The van der Waals surface area contributed by atoms with Crippen molar-refractivity contribution in [1.82, 2.24) is 10.1 Å². The van der Waals surface area contributed by atoms with Gasteiger partial charge in [-0.1, -0.05) is 35.5 Å². The number of halogens is 2. The maximum absolute atomic E-state index is 13.2. The molecule has 0 aliphatic rings. The van der Waals surface area contributed by atoms with Crippen LogP contribution in [-0.4, -0.2) is 15.2 Å². The van der Waals surface area contributed by atoms with Crippen LogP contribution in [0.25, 0.3) is 11.4 Å². The van der Waals surface area contributed by atoms with Crippen LogP contribution in [0.2, 0.25) is 0 Å². The zero-order valence-electron chi connectivity index (χ0n) is 10.7. The average molecular weight is 288 g/mol. The van der Waals surface area contributed by atoms with E-state index in [1.54, 1.807) is 24.3 Å². The van der Waals surface area contributed by atoms with Gasteiger partial charge in [-0.2, -0.15) is 4.98 Å². The molecule has 21 heavy (non-hydrogen) atoms. The summed E-state index contributed by atoms with van der Waals surface area (Å²) in [5, 5.41) is 13.8. The van der Waals surface area contributed by atoms with Crippen molar-refractivity contribution in [3.63, 3.8) is 0 Å². The number of aliphatic hydroxyl groups is 1. The molecule has 106 valence electrons. The van der Waals surface area contributed by atoms with Gasteiger partial charge >= 0.3 is 0 Å². The molecule has 0 aliphatic carbocycles. The van der Waals surface area contributed by atoms with Crippen molar-refractivity contribution in [2.45, 2.75) is 6.10 Å². The van der Waals surface area contributed by atoms with E-state index in [0.29, 0.717) is 5.56 Å². The highest BCUT2D eigenvalue weighted by Gasteiger charge is 2.19. The van der Waals surface area contributed by atoms with E-state index in [1.165, 1.54) is 0 Å². The van der Waals surface area contributed by atoms with Crippen LogP contribution in [-0.2, 0) is 0 Å². The van der Waals surface area contributed by atoms with E-state index >= 15 is 0 Å². The molecular formula is C15H10F2N2O2. The number of nitrogens with zero attached hydrogens (tertiary/aromatic N) is 2. The summed E-state index contributed by atoms with van der Waals surface area (Å²) in [6, 6.07) is 11.7. The monoisotopic (exact) mass is 288 g/mol. The third kappa shape index (κ3) is 2.80. The number of hydrogen-bond donors (Lipinski definition) is 1. The fourth-order valence-corrected chi connectivity index (χ4v) is 1.92. The number of benzene rings is 2. The van der Waals surface area contributed by atoms with Gasteiger partial charge in [-0.15, -0.1) is 0 Å². The molecule has 1 heterocycles. The summed E-state index contributed by atoms with van der Waals surface area (Å²) >= 11 is 0. The van der Waals surface area contributed by atoms with E-state index in [9.17, 15) is 13.9 Å². The molecule has 1 atom stereocenters. The number of aliphatic hydroxyl groups excluding tert-OH is 1. The first-order valence-electron chi connectivity index (χ1n) is 6.16. The van der Waals surface area contributed by atoms with Gasteiger partial charge in [0.05, 0.1) is 0 Å². The molecule has 0 amide bonds. The molecule has 1 N–H and O–H groups in total. The molecule has 0 aliphatic heterocycles. The maximum atomic E-state index is 13.2. The molecule has 0 fully saturated rings. The minimum Gasteiger partial charge on any atom is -0.378 e. The molecule has 4 nitrogen and oxygen atoms in total. The van der Waals surface area contributed by atoms with Crippen molar-refractivity contribution in [2.75, 3.05) is 0 Å². The fourth-order valence-electron chi connectivity index (χ4n) is 1.92. The van der Waals surface area contributed by atoms with Crippen LogP contribution in [0.1, 0.15) is 17.6 Å². The zero-order chi connectivity index (χ0) is 14.8. The average Bonchev–Trinajstić information content (AvgIpc) is 2.96. The molecule has 3 aromatic rings. The molecule has 0 saturated carbocycles. The van der Waals surface area contributed by atoms with Crippen LogP contribution < -0.4 is 0 Å². The van der Waals surface area contributed by atoms with Crippen LogP contribution in [0.5, 0.6) is 0 Å². The third-order valence-corrected chi connectivity index (χ3v) is 2.91. The van der Waals surface area contributed by atoms with E-state index in [2.05, 4.69) is 10.1 Å². The van der Waals surface area contributed by atoms with Gasteiger partial charge in [0.2, 0.25) is 5.82 Å².